The fourth-order valence-corrected chi connectivity index (χ4v) is 3.75. The third-order valence-electron chi connectivity index (χ3n) is 3.47. The van der Waals surface area contributed by atoms with E-state index >= 15 is 0 Å². The number of nitro groups is 1. The monoisotopic (exact) mass is 320 g/mol. The van der Waals surface area contributed by atoms with E-state index in [-0.39, 0.29) is 11.7 Å². The number of hydrogen-bond acceptors (Lipinski definition) is 4. The molecule has 2 aromatic rings. The number of thioether (sulfide) groups is 1. The van der Waals surface area contributed by atoms with Gasteiger partial charge in [0.15, 0.2) is 0 Å². The molecule has 0 radical (unpaired) electrons. The average Bonchev–Trinajstić information content (AvgIpc) is 2.49. The zero-order valence-electron chi connectivity index (χ0n) is 11.1. The molecule has 2 aromatic carbocycles. The van der Waals surface area contributed by atoms with E-state index in [0.29, 0.717) is 5.02 Å². The summed E-state index contributed by atoms with van der Waals surface area (Å²) >= 11 is 8.01. The first-order valence-electron chi connectivity index (χ1n) is 6.51. The van der Waals surface area contributed by atoms with Gasteiger partial charge in [-0.3, -0.25) is 10.1 Å². The second-order valence-corrected chi connectivity index (χ2v) is 6.27. The van der Waals surface area contributed by atoms with Crippen LogP contribution in [0.3, 0.4) is 0 Å². The maximum Gasteiger partial charge on any atom is 0.271 e. The minimum absolute atomic E-state index is 0.00368. The molecule has 0 fully saturated rings. The van der Waals surface area contributed by atoms with Crippen LogP contribution in [0.2, 0.25) is 5.02 Å². The molecule has 1 N–H and O–H groups in total. The first kappa shape index (κ1) is 14.2. The predicted octanol–water partition coefficient (Wildman–Crippen LogP) is 4.65. The predicted molar refractivity (Wildman–Crippen MR) is 87.1 cm³/mol. The van der Waals surface area contributed by atoms with E-state index in [1.54, 1.807) is 6.07 Å². The molecule has 6 heteroatoms. The van der Waals surface area contributed by atoms with Gasteiger partial charge in [0.25, 0.3) is 5.69 Å². The Morgan fingerprint density at radius 2 is 2.10 bits per heavy atom. The number of nitrogens with one attached hydrogen (secondary N) is 1. The molecule has 108 valence electrons. The molecule has 1 atom stereocenters. The quantitative estimate of drug-likeness (QED) is 0.660. The molecule has 0 aliphatic carbocycles. The lowest BCUT2D eigenvalue weighted by Gasteiger charge is -2.27. The number of hydrogen-bond donors (Lipinski definition) is 1. The number of benzene rings is 2. The Bertz CT molecular complexity index is 693. The number of fused-ring (bicyclic) bond motifs is 1. The molecule has 21 heavy (non-hydrogen) atoms. The van der Waals surface area contributed by atoms with Gasteiger partial charge in [-0.2, -0.15) is 11.8 Å². The number of halogens is 1. The first-order chi connectivity index (χ1) is 10.1. The molecule has 0 spiro atoms. The van der Waals surface area contributed by atoms with Gasteiger partial charge in [-0.1, -0.05) is 35.9 Å². The Labute approximate surface area is 131 Å². The number of rotatable bonds is 3. The van der Waals surface area contributed by atoms with Gasteiger partial charge in [-0.05, 0) is 17.2 Å². The van der Waals surface area contributed by atoms with Crippen LogP contribution in [0.5, 0.6) is 0 Å². The van der Waals surface area contributed by atoms with Crippen LogP contribution in [0.4, 0.5) is 11.4 Å². The highest BCUT2D eigenvalue weighted by Crippen LogP contribution is 2.36. The number of nitrogens with zero attached hydrogens (tertiary/aromatic N) is 1. The van der Waals surface area contributed by atoms with Crippen molar-refractivity contribution in [1.29, 1.82) is 0 Å². The molecular formula is C15H13ClN2O2S. The van der Waals surface area contributed by atoms with Gasteiger partial charge in [-0.25, -0.2) is 0 Å². The Morgan fingerprint density at radius 3 is 2.86 bits per heavy atom. The number of nitro benzene ring substituents is 1. The zero-order valence-corrected chi connectivity index (χ0v) is 12.7. The summed E-state index contributed by atoms with van der Waals surface area (Å²) in [4.78, 5) is 10.3. The van der Waals surface area contributed by atoms with Crippen molar-refractivity contribution in [1.82, 2.24) is 0 Å². The fourth-order valence-electron chi connectivity index (χ4n) is 2.42. The van der Waals surface area contributed by atoms with E-state index < -0.39 is 4.92 Å². The van der Waals surface area contributed by atoms with E-state index in [1.165, 1.54) is 23.3 Å². The van der Waals surface area contributed by atoms with Gasteiger partial charge in [-0.15, -0.1) is 0 Å². The minimum Gasteiger partial charge on any atom is -0.376 e. The minimum atomic E-state index is -0.443. The summed E-state index contributed by atoms with van der Waals surface area (Å²) in [5, 5.41) is 14.5. The van der Waals surface area contributed by atoms with Crippen LogP contribution < -0.4 is 5.32 Å². The highest BCUT2D eigenvalue weighted by Gasteiger charge is 2.21. The van der Waals surface area contributed by atoms with Crippen LogP contribution in [0.25, 0.3) is 0 Å². The number of anilines is 1. The maximum atomic E-state index is 10.7. The molecule has 0 saturated carbocycles. The normalized spacial score (nSPS) is 17.1. The average molecular weight is 321 g/mol. The summed E-state index contributed by atoms with van der Waals surface area (Å²) in [5.74, 6) is 1.96. The third kappa shape index (κ3) is 2.99. The molecule has 3 rings (SSSR count). The van der Waals surface area contributed by atoms with Crippen molar-refractivity contribution >= 4 is 34.7 Å². The largest absolute Gasteiger partial charge is 0.376 e. The summed E-state index contributed by atoms with van der Waals surface area (Å²) in [7, 11) is 0. The van der Waals surface area contributed by atoms with Gasteiger partial charge < -0.3 is 5.32 Å². The van der Waals surface area contributed by atoms with Gasteiger partial charge in [0, 0.05) is 23.6 Å². The maximum absolute atomic E-state index is 10.7. The van der Waals surface area contributed by atoms with Crippen molar-refractivity contribution in [2.24, 2.45) is 0 Å². The zero-order chi connectivity index (χ0) is 14.8. The Hall–Kier alpha value is -1.72. The summed E-state index contributed by atoms with van der Waals surface area (Å²) in [6.45, 7) is 0. The van der Waals surface area contributed by atoms with E-state index in [1.807, 2.05) is 23.9 Å². The topological polar surface area (TPSA) is 55.2 Å². The van der Waals surface area contributed by atoms with E-state index in [2.05, 4.69) is 17.4 Å². The Kier molecular flexibility index (Phi) is 4.03. The van der Waals surface area contributed by atoms with Crippen LogP contribution in [0.15, 0.2) is 42.5 Å². The molecular weight excluding hydrogens is 308 g/mol. The fraction of sp³-hybridized carbons (Fsp3) is 0.200. The van der Waals surface area contributed by atoms with Crippen LogP contribution in [-0.4, -0.2) is 10.7 Å². The van der Waals surface area contributed by atoms with Crippen LogP contribution >= 0.6 is 23.4 Å². The lowest BCUT2D eigenvalue weighted by atomic mass is 10.0. The van der Waals surface area contributed by atoms with Crippen molar-refractivity contribution in [2.45, 2.75) is 11.8 Å². The Balaban J connectivity index is 1.86. The second-order valence-electron chi connectivity index (χ2n) is 4.83. The standard InChI is InChI=1S/C15H13ClN2O2S/c16-13-7-11(18(19)20)5-6-14(13)17-15-9-21-8-10-3-1-2-4-12(10)15/h1-7,15,17H,8-9H2. The summed E-state index contributed by atoms with van der Waals surface area (Å²) in [5.41, 5.74) is 3.32. The molecule has 1 aliphatic heterocycles. The molecule has 1 aliphatic rings. The third-order valence-corrected chi connectivity index (χ3v) is 4.86. The van der Waals surface area contributed by atoms with Crippen molar-refractivity contribution in [3.8, 4) is 0 Å². The molecule has 0 bridgehead atoms. The summed E-state index contributed by atoms with van der Waals surface area (Å²) in [6, 6.07) is 13.0. The van der Waals surface area contributed by atoms with E-state index in [4.69, 9.17) is 11.6 Å². The van der Waals surface area contributed by atoms with Crippen molar-refractivity contribution in [3.63, 3.8) is 0 Å². The summed E-state index contributed by atoms with van der Waals surface area (Å²) in [6.07, 6.45) is 0. The second kappa shape index (κ2) is 5.95. The van der Waals surface area contributed by atoms with E-state index in [0.717, 1.165) is 17.2 Å². The van der Waals surface area contributed by atoms with Crippen molar-refractivity contribution in [2.75, 3.05) is 11.1 Å². The van der Waals surface area contributed by atoms with Gasteiger partial charge >= 0.3 is 0 Å². The van der Waals surface area contributed by atoms with Crippen molar-refractivity contribution in [3.05, 3.63) is 68.7 Å². The molecule has 0 amide bonds. The Morgan fingerprint density at radius 1 is 1.29 bits per heavy atom. The highest BCUT2D eigenvalue weighted by molar-refractivity contribution is 7.98. The first-order valence-corrected chi connectivity index (χ1v) is 8.04. The number of non-ortho nitro benzene ring substituents is 1. The molecule has 1 unspecified atom stereocenters. The molecule has 0 aromatic heterocycles. The van der Waals surface area contributed by atoms with Crippen LogP contribution in [0.1, 0.15) is 17.2 Å². The van der Waals surface area contributed by atoms with Crippen LogP contribution in [0, 0.1) is 10.1 Å². The van der Waals surface area contributed by atoms with Gasteiger partial charge in [0.1, 0.15) is 0 Å². The SMILES string of the molecule is O=[N+]([O-])c1ccc(NC2CSCc3ccccc32)c(Cl)c1. The molecule has 4 nitrogen and oxygen atoms in total. The highest BCUT2D eigenvalue weighted by atomic mass is 35.5. The van der Waals surface area contributed by atoms with E-state index in [9.17, 15) is 10.1 Å². The van der Waals surface area contributed by atoms with Gasteiger partial charge in [0.05, 0.1) is 21.7 Å². The lowest BCUT2D eigenvalue weighted by Crippen LogP contribution is -2.18. The molecule has 0 saturated heterocycles. The summed E-state index contributed by atoms with van der Waals surface area (Å²) < 4.78 is 0. The van der Waals surface area contributed by atoms with Gasteiger partial charge in [0.2, 0.25) is 0 Å². The van der Waals surface area contributed by atoms with Crippen molar-refractivity contribution < 1.29 is 4.92 Å². The smallest absolute Gasteiger partial charge is 0.271 e. The van der Waals surface area contributed by atoms with Crippen LogP contribution in [-0.2, 0) is 5.75 Å². The molecule has 1 heterocycles. The lowest BCUT2D eigenvalue weighted by molar-refractivity contribution is -0.384.